The molecule has 1 fully saturated rings. The highest BCUT2D eigenvalue weighted by molar-refractivity contribution is 7.89. The van der Waals surface area contributed by atoms with E-state index in [0.717, 1.165) is 17.5 Å². The average Bonchev–Trinajstić information content (AvgIpc) is 2.77. The zero-order valence-electron chi connectivity index (χ0n) is 10.9. The Morgan fingerprint density at radius 1 is 1.39 bits per heavy atom. The zero-order chi connectivity index (χ0) is 13.3. The molecule has 0 radical (unpaired) electrons. The van der Waals surface area contributed by atoms with E-state index in [-0.39, 0.29) is 0 Å². The van der Waals surface area contributed by atoms with E-state index < -0.39 is 10.0 Å². The van der Waals surface area contributed by atoms with E-state index in [9.17, 15) is 8.42 Å². The summed E-state index contributed by atoms with van der Waals surface area (Å²) >= 11 is 0. The first-order valence-corrected chi connectivity index (χ1v) is 7.66. The maximum atomic E-state index is 12.5. The SMILES string of the molecule is Cc1ccc(S(=O)(=O)N2CC[C@@H](CN)C2)c(C)c1. The second kappa shape index (κ2) is 4.99. The molecule has 5 heteroatoms. The molecule has 1 aliphatic rings. The topological polar surface area (TPSA) is 63.4 Å². The summed E-state index contributed by atoms with van der Waals surface area (Å²) < 4.78 is 26.6. The molecule has 2 N–H and O–H groups in total. The van der Waals surface area contributed by atoms with E-state index in [4.69, 9.17) is 5.73 Å². The molecule has 18 heavy (non-hydrogen) atoms. The van der Waals surface area contributed by atoms with Crippen molar-refractivity contribution in [3.05, 3.63) is 29.3 Å². The van der Waals surface area contributed by atoms with Gasteiger partial charge in [-0.15, -0.1) is 0 Å². The van der Waals surface area contributed by atoms with E-state index in [1.807, 2.05) is 26.0 Å². The second-order valence-corrected chi connectivity index (χ2v) is 6.93. The van der Waals surface area contributed by atoms with Gasteiger partial charge < -0.3 is 5.73 Å². The molecular formula is C13H20N2O2S. The summed E-state index contributed by atoms with van der Waals surface area (Å²) in [5.74, 6) is 0.297. The summed E-state index contributed by atoms with van der Waals surface area (Å²) in [4.78, 5) is 0.422. The number of hydrogen-bond acceptors (Lipinski definition) is 3. The normalized spacial score (nSPS) is 21.4. The van der Waals surface area contributed by atoms with Crippen LogP contribution in [0.15, 0.2) is 23.1 Å². The minimum Gasteiger partial charge on any atom is -0.330 e. The van der Waals surface area contributed by atoms with Crippen LogP contribution in [0.5, 0.6) is 0 Å². The molecule has 0 aliphatic carbocycles. The minimum atomic E-state index is -3.35. The lowest BCUT2D eigenvalue weighted by molar-refractivity contribution is 0.458. The highest BCUT2D eigenvalue weighted by Gasteiger charge is 2.32. The number of nitrogens with zero attached hydrogens (tertiary/aromatic N) is 1. The lowest BCUT2D eigenvalue weighted by Gasteiger charge is -2.18. The van der Waals surface area contributed by atoms with Gasteiger partial charge in [-0.05, 0) is 44.4 Å². The Morgan fingerprint density at radius 3 is 2.67 bits per heavy atom. The van der Waals surface area contributed by atoms with Crippen LogP contribution in [-0.2, 0) is 10.0 Å². The van der Waals surface area contributed by atoms with Gasteiger partial charge in [-0.2, -0.15) is 4.31 Å². The fourth-order valence-electron chi connectivity index (χ4n) is 2.44. The van der Waals surface area contributed by atoms with Crippen LogP contribution < -0.4 is 5.73 Å². The van der Waals surface area contributed by atoms with Crippen molar-refractivity contribution < 1.29 is 8.42 Å². The summed E-state index contributed by atoms with van der Waals surface area (Å²) in [7, 11) is -3.35. The first-order valence-electron chi connectivity index (χ1n) is 6.22. The van der Waals surface area contributed by atoms with Crippen molar-refractivity contribution in [1.29, 1.82) is 0 Å². The third kappa shape index (κ3) is 2.43. The Balaban J connectivity index is 2.31. The van der Waals surface area contributed by atoms with Crippen molar-refractivity contribution in [2.45, 2.75) is 25.2 Å². The first kappa shape index (κ1) is 13.5. The Morgan fingerprint density at radius 2 is 2.11 bits per heavy atom. The van der Waals surface area contributed by atoms with Crippen molar-refractivity contribution in [3.8, 4) is 0 Å². The molecule has 1 saturated heterocycles. The van der Waals surface area contributed by atoms with Gasteiger partial charge >= 0.3 is 0 Å². The van der Waals surface area contributed by atoms with Gasteiger partial charge in [0.05, 0.1) is 4.90 Å². The van der Waals surface area contributed by atoms with Crippen molar-refractivity contribution in [3.63, 3.8) is 0 Å². The fourth-order valence-corrected chi connectivity index (χ4v) is 4.17. The number of hydrogen-bond donors (Lipinski definition) is 1. The van der Waals surface area contributed by atoms with Crippen molar-refractivity contribution in [2.24, 2.45) is 11.7 Å². The van der Waals surface area contributed by atoms with E-state index in [1.165, 1.54) is 0 Å². The Kier molecular flexibility index (Phi) is 3.75. The maximum Gasteiger partial charge on any atom is 0.243 e. The van der Waals surface area contributed by atoms with Crippen molar-refractivity contribution in [2.75, 3.05) is 19.6 Å². The fraction of sp³-hybridized carbons (Fsp3) is 0.538. The van der Waals surface area contributed by atoms with Gasteiger partial charge in [0.15, 0.2) is 0 Å². The third-order valence-corrected chi connectivity index (χ3v) is 5.56. The summed E-state index contributed by atoms with van der Waals surface area (Å²) in [5, 5.41) is 0. The summed E-state index contributed by atoms with van der Waals surface area (Å²) in [6, 6.07) is 5.45. The number of nitrogens with two attached hydrogens (primary N) is 1. The molecule has 4 nitrogen and oxygen atoms in total. The smallest absolute Gasteiger partial charge is 0.243 e. The van der Waals surface area contributed by atoms with Crippen LogP contribution in [0.4, 0.5) is 0 Å². The highest BCUT2D eigenvalue weighted by Crippen LogP contribution is 2.26. The Labute approximate surface area is 109 Å². The van der Waals surface area contributed by atoms with Gasteiger partial charge in [-0.1, -0.05) is 17.7 Å². The lowest BCUT2D eigenvalue weighted by Crippen LogP contribution is -2.30. The van der Waals surface area contributed by atoms with Crippen LogP contribution in [0.3, 0.4) is 0 Å². The zero-order valence-corrected chi connectivity index (χ0v) is 11.7. The molecule has 2 rings (SSSR count). The molecule has 0 saturated carbocycles. The van der Waals surface area contributed by atoms with Gasteiger partial charge in [0.25, 0.3) is 0 Å². The van der Waals surface area contributed by atoms with E-state index in [2.05, 4.69) is 0 Å². The molecule has 0 spiro atoms. The lowest BCUT2D eigenvalue weighted by atomic mass is 10.1. The molecule has 1 heterocycles. The second-order valence-electron chi connectivity index (χ2n) is 5.02. The van der Waals surface area contributed by atoms with Crippen LogP contribution in [0.2, 0.25) is 0 Å². The van der Waals surface area contributed by atoms with Crippen LogP contribution >= 0.6 is 0 Å². The van der Waals surface area contributed by atoms with Gasteiger partial charge in [0.1, 0.15) is 0 Å². The molecular weight excluding hydrogens is 248 g/mol. The summed E-state index contributed by atoms with van der Waals surface area (Å²) in [6.07, 6.45) is 0.862. The molecule has 1 aliphatic heterocycles. The largest absolute Gasteiger partial charge is 0.330 e. The minimum absolute atomic E-state index is 0.297. The van der Waals surface area contributed by atoms with Crippen LogP contribution in [0.1, 0.15) is 17.5 Å². The molecule has 1 aromatic rings. The number of benzene rings is 1. The van der Waals surface area contributed by atoms with E-state index in [0.29, 0.717) is 30.4 Å². The van der Waals surface area contributed by atoms with Gasteiger partial charge in [-0.3, -0.25) is 0 Å². The van der Waals surface area contributed by atoms with Crippen LogP contribution in [0.25, 0.3) is 0 Å². The van der Waals surface area contributed by atoms with Gasteiger partial charge in [0, 0.05) is 13.1 Å². The summed E-state index contributed by atoms with van der Waals surface area (Å²) in [6.45, 7) is 5.49. The number of aryl methyl sites for hydroxylation is 2. The number of rotatable bonds is 3. The molecule has 0 unspecified atom stereocenters. The quantitative estimate of drug-likeness (QED) is 0.898. The predicted octanol–water partition coefficient (Wildman–Crippen LogP) is 1.27. The molecule has 1 atom stereocenters. The first-order chi connectivity index (χ1) is 8.45. The molecule has 0 aromatic heterocycles. The standard InChI is InChI=1S/C13H20N2O2S/c1-10-3-4-13(11(2)7-10)18(16,17)15-6-5-12(8-14)9-15/h3-4,7,12H,5-6,8-9,14H2,1-2H3/t12-/m0/s1. The third-order valence-electron chi connectivity index (χ3n) is 3.53. The van der Waals surface area contributed by atoms with Crippen LogP contribution in [-0.4, -0.2) is 32.4 Å². The number of sulfonamides is 1. The van der Waals surface area contributed by atoms with Crippen LogP contribution in [0, 0.1) is 19.8 Å². The van der Waals surface area contributed by atoms with E-state index >= 15 is 0 Å². The molecule has 100 valence electrons. The predicted molar refractivity (Wildman–Crippen MR) is 71.8 cm³/mol. The van der Waals surface area contributed by atoms with Gasteiger partial charge in [-0.25, -0.2) is 8.42 Å². The van der Waals surface area contributed by atoms with E-state index in [1.54, 1.807) is 10.4 Å². The summed E-state index contributed by atoms with van der Waals surface area (Å²) in [5.41, 5.74) is 7.49. The average molecular weight is 268 g/mol. The Hall–Kier alpha value is -0.910. The monoisotopic (exact) mass is 268 g/mol. The Bertz CT molecular complexity index is 540. The highest BCUT2D eigenvalue weighted by atomic mass is 32.2. The molecule has 0 amide bonds. The van der Waals surface area contributed by atoms with Crippen molar-refractivity contribution in [1.82, 2.24) is 4.31 Å². The van der Waals surface area contributed by atoms with Gasteiger partial charge in [0.2, 0.25) is 10.0 Å². The maximum absolute atomic E-state index is 12.5. The molecule has 1 aromatic carbocycles. The molecule has 0 bridgehead atoms. The van der Waals surface area contributed by atoms with Crippen molar-refractivity contribution >= 4 is 10.0 Å².